The van der Waals surface area contributed by atoms with E-state index in [0.717, 1.165) is 38.6 Å². The first-order valence-electron chi connectivity index (χ1n) is 9.99. The minimum Gasteiger partial charge on any atom is -0.378 e. The van der Waals surface area contributed by atoms with Gasteiger partial charge in [-0.2, -0.15) is 0 Å². The van der Waals surface area contributed by atoms with Crippen LogP contribution in [0.1, 0.15) is 24.8 Å². The van der Waals surface area contributed by atoms with Gasteiger partial charge in [0.25, 0.3) is 0 Å². The van der Waals surface area contributed by atoms with E-state index >= 15 is 0 Å². The van der Waals surface area contributed by atoms with Crippen molar-refractivity contribution >= 4 is 11.6 Å². The van der Waals surface area contributed by atoms with Crippen LogP contribution in [-0.2, 0) is 11.2 Å². The molecule has 0 atom stereocenters. The molecule has 3 rings (SSSR count). The fourth-order valence-electron chi connectivity index (χ4n) is 4.07. The lowest BCUT2D eigenvalue weighted by molar-refractivity contribution is -0.133. The number of likely N-dealkylation sites (tertiary alicyclic amines) is 1. The van der Waals surface area contributed by atoms with Gasteiger partial charge in [0.2, 0.25) is 5.91 Å². The van der Waals surface area contributed by atoms with E-state index in [2.05, 4.69) is 50.9 Å². The number of hydrogen-bond donors (Lipinski definition) is 0. The van der Waals surface area contributed by atoms with Crippen LogP contribution in [0.2, 0.25) is 0 Å². The van der Waals surface area contributed by atoms with Crippen LogP contribution in [0.5, 0.6) is 0 Å². The van der Waals surface area contributed by atoms with Crippen LogP contribution in [0.25, 0.3) is 0 Å². The van der Waals surface area contributed by atoms with E-state index in [0.29, 0.717) is 12.3 Å². The normalized spacial score (nSPS) is 20.3. The molecule has 0 unspecified atom stereocenters. The van der Waals surface area contributed by atoms with Crippen molar-refractivity contribution in [2.75, 3.05) is 65.3 Å². The molecule has 5 heteroatoms. The van der Waals surface area contributed by atoms with Crippen molar-refractivity contribution in [1.29, 1.82) is 0 Å². The van der Waals surface area contributed by atoms with Gasteiger partial charge in [0.15, 0.2) is 0 Å². The molecule has 2 fully saturated rings. The molecule has 2 aliphatic rings. The lowest BCUT2D eigenvalue weighted by Crippen LogP contribution is -2.54. The number of amides is 1. The Hall–Kier alpha value is -1.59. The summed E-state index contributed by atoms with van der Waals surface area (Å²) in [6.45, 7) is 6.28. The molecule has 5 nitrogen and oxygen atoms in total. The number of piperazine rings is 1. The Balaban J connectivity index is 1.41. The molecule has 0 aromatic heterocycles. The number of carbonyl (C=O) groups is 1. The summed E-state index contributed by atoms with van der Waals surface area (Å²) in [7, 11) is 6.30. The molecule has 0 aliphatic carbocycles. The second-order valence-electron chi connectivity index (χ2n) is 8.01. The molecule has 1 amide bonds. The van der Waals surface area contributed by atoms with Crippen molar-refractivity contribution in [3.05, 3.63) is 29.8 Å². The SMILES string of the molecule is CN1CCC(N2CCN(C(=O)CCc3ccc(N(C)C)cc3)CC2)CC1. The lowest BCUT2D eigenvalue weighted by Gasteiger charge is -2.42. The molecular formula is C21H34N4O. The second-order valence-corrected chi connectivity index (χ2v) is 8.01. The molecule has 0 radical (unpaired) electrons. The third-order valence-electron chi connectivity index (χ3n) is 5.95. The van der Waals surface area contributed by atoms with E-state index in [1.807, 2.05) is 14.1 Å². The van der Waals surface area contributed by atoms with Crippen LogP contribution in [-0.4, -0.2) is 87.1 Å². The van der Waals surface area contributed by atoms with Crippen LogP contribution in [0, 0.1) is 0 Å². The highest BCUT2D eigenvalue weighted by molar-refractivity contribution is 5.76. The summed E-state index contributed by atoms with van der Waals surface area (Å²) in [5, 5.41) is 0. The van der Waals surface area contributed by atoms with Crippen molar-refractivity contribution in [2.24, 2.45) is 0 Å². The van der Waals surface area contributed by atoms with Gasteiger partial charge in [0, 0.05) is 58.4 Å². The Morgan fingerprint density at radius 1 is 1.00 bits per heavy atom. The molecule has 2 aliphatic heterocycles. The van der Waals surface area contributed by atoms with E-state index in [4.69, 9.17) is 0 Å². The number of anilines is 1. The molecule has 1 aromatic carbocycles. The number of nitrogens with zero attached hydrogens (tertiary/aromatic N) is 4. The van der Waals surface area contributed by atoms with Gasteiger partial charge in [-0.3, -0.25) is 9.69 Å². The van der Waals surface area contributed by atoms with Crippen LogP contribution >= 0.6 is 0 Å². The molecule has 2 saturated heterocycles. The molecule has 26 heavy (non-hydrogen) atoms. The predicted octanol–water partition coefficient (Wildman–Crippen LogP) is 1.92. The third-order valence-corrected chi connectivity index (χ3v) is 5.95. The summed E-state index contributed by atoms with van der Waals surface area (Å²) < 4.78 is 0. The van der Waals surface area contributed by atoms with Crippen molar-refractivity contribution in [1.82, 2.24) is 14.7 Å². The van der Waals surface area contributed by atoms with Gasteiger partial charge in [-0.1, -0.05) is 12.1 Å². The zero-order chi connectivity index (χ0) is 18.5. The zero-order valence-corrected chi connectivity index (χ0v) is 16.7. The number of aryl methyl sites for hydroxylation is 1. The average molecular weight is 359 g/mol. The fourth-order valence-corrected chi connectivity index (χ4v) is 4.07. The summed E-state index contributed by atoms with van der Waals surface area (Å²) in [6.07, 6.45) is 4.00. The Morgan fingerprint density at radius 2 is 1.62 bits per heavy atom. The van der Waals surface area contributed by atoms with Gasteiger partial charge in [-0.05, 0) is 57.1 Å². The smallest absolute Gasteiger partial charge is 0.222 e. The van der Waals surface area contributed by atoms with Crippen LogP contribution in [0.4, 0.5) is 5.69 Å². The first-order chi connectivity index (χ1) is 12.5. The maximum absolute atomic E-state index is 12.6. The molecule has 0 spiro atoms. The summed E-state index contributed by atoms with van der Waals surface area (Å²) in [5.41, 5.74) is 2.44. The summed E-state index contributed by atoms with van der Waals surface area (Å²) in [6, 6.07) is 9.25. The standard InChI is InChI=1S/C21H34N4O/c1-22(2)19-7-4-18(5-8-19)6-9-21(26)25-16-14-24(15-17-25)20-10-12-23(3)13-11-20/h4-5,7-8,20H,6,9-17H2,1-3H3. The van der Waals surface area contributed by atoms with Crippen molar-refractivity contribution in [3.63, 3.8) is 0 Å². The predicted molar refractivity (Wildman–Crippen MR) is 108 cm³/mol. The van der Waals surface area contributed by atoms with E-state index in [9.17, 15) is 4.79 Å². The van der Waals surface area contributed by atoms with E-state index in [1.165, 1.54) is 37.2 Å². The van der Waals surface area contributed by atoms with Gasteiger partial charge >= 0.3 is 0 Å². The van der Waals surface area contributed by atoms with Crippen LogP contribution in [0.3, 0.4) is 0 Å². The number of rotatable bonds is 5. The van der Waals surface area contributed by atoms with Gasteiger partial charge in [0.1, 0.15) is 0 Å². The molecule has 144 valence electrons. The van der Waals surface area contributed by atoms with Crippen LogP contribution in [0.15, 0.2) is 24.3 Å². The Kier molecular flexibility index (Phi) is 6.54. The minimum absolute atomic E-state index is 0.310. The molecule has 2 heterocycles. The maximum Gasteiger partial charge on any atom is 0.222 e. The Morgan fingerprint density at radius 3 is 2.19 bits per heavy atom. The fraction of sp³-hybridized carbons (Fsp3) is 0.667. The van der Waals surface area contributed by atoms with E-state index < -0.39 is 0 Å². The number of piperidine rings is 1. The van der Waals surface area contributed by atoms with Crippen molar-refractivity contribution in [2.45, 2.75) is 31.7 Å². The topological polar surface area (TPSA) is 30.0 Å². The summed E-state index contributed by atoms with van der Waals surface area (Å²) in [5.74, 6) is 0.310. The van der Waals surface area contributed by atoms with Crippen molar-refractivity contribution in [3.8, 4) is 0 Å². The highest BCUT2D eigenvalue weighted by Gasteiger charge is 2.27. The monoisotopic (exact) mass is 358 g/mol. The molecule has 0 N–H and O–H groups in total. The first-order valence-corrected chi connectivity index (χ1v) is 9.99. The maximum atomic E-state index is 12.6. The summed E-state index contributed by atoms with van der Waals surface area (Å²) >= 11 is 0. The number of benzene rings is 1. The molecule has 0 saturated carbocycles. The second kappa shape index (κ2) is 8.87. The van der Waals surface area contributed by atoms with Gasteiger partial charge in [-0.25, -0.2) is 0 Å². The highest BCUT2D eigenvalue weighted by atomic mass is 16.2. The van der Waals surface area contributed by atoms with Crippen molar-refractivity contribution < 1.29 is 4.79 Å². The van der Waals surface area contributed by atoms with E-state index in [-0.39, 0.29) is 0 Å². The lowest BCUT2D eigenvalue weighted by atomic mass is 10.0. The number of carbonyl (C=O) groups excluding carboxylic acids is 1. The third kappa shape index (κ3) is 4.98. The molecule has 1 aromatic rings. The van der Waals surface area contributed by atoms with E-state index in [1.54, 1.807) is 0 Å². The highest BCUT2D eigenvalue weighted by Crippen LogP contribution is 2.18. The zero-order valence-electron chi connectivity index (χ0n) is 16.7. The molecule has 0 bridgehead atoms. The Bertz CT molecular complexity index is 570. The van der Waals surface area contributed by atoms with Crippen LogP contribution < -0.4 is 4.90 Å². The average Bonchev–Trinajstić information content (AvgIpc) is 2.67. The summed E-state index contributed by atoms with van der Waals surface area (Å²) in [4.78, 5) is 21.8. The van der Waals surface area contributed by atoms with Gasteiger partial charge in [-0.15, -0.1) is 0 Å². The first kappa shape index (κ1) is 19.2. The minimum atomic E-state index is 0.310. The largest absolute Gasteiger partial charge is 0.378 e. The van der Waals surface area contributed by atoms with Gasteiger partial charge in [0.05, 0.1) is 0 Å². The Labute approximate surface area is 158 Å². The molecular weight excluding hydrogens is 324 g/mol. The van der Waals surface area contributed by atoms with Gasteiger partial charge < -0.3 is 14.7 Å². The quantitative estimate of drug-likeness (QED) is 0.805. The number of hydrogen-bond acceptors (Lipinski definition) is 4.